The molecule has 1 heterocycles. The molecule has 0 saturated carbocycles. The van der Waals surface area contributed by atoms with Crippen LogP contribution in [0.15, 0.2) is 42.3 Å². The molecule has 160 valence electrons. The summed E-state index contributed by atoms with van der Waals surface area (Å²) in [6, 6.07) is 2.87. The molecule has 1 aromatic heterocycles. The summed E-state index contributed by atoms with van der Waals surface area (Å²) in [5.74, 6) is 0.140. The summed E-state index contributed by atoms with van der Waals surface area (Å²) in [7, 11) is 1.72. The number of rotatable bonds is 4. The minimum absolute atomic E-state index is 0.0442. The van der Waals surface area contributed by atoms with Gasteiger partial charge in [0, 0.05) is 24.4 Å². The highest BCUT2D eigenvalue weighted by Crippen LogP contribution is 2.58. The smallest absolute Gasteiger partial charge is 0.425 e. The lowest BCUT2D eigenvalue weighted by atomic mass is 9.85. The van der Waals surface area contributed by atoms with Gasteiger partial charge in [0.15, 0.2) is 0 Å². The molecule has 0 aliphatic heterocycles. The molecule has 0 spiro atoms. The maximum Gasteiger partial charge on any atom is 0.425 e. The fraction of sp³-hybridized carbons (Fsp3) is 0.409. The van der Waals surface area contributed by atoms with Gasteiger partial charge < -0.3 is 14.9 Å². The van der Waals surface area contributed by atoms with Gasteiger partial charge in [-0.1, -0.05) is 12.2 Å². The van der Waals surface area contributed by atoms with Gasteiger partial charge in [0.1, 0.15) is 12.4 Å². The van der Waals surface area contributed by atoms with Crippen molar-refractivity contribution in [3.63, 3.8) is 0 Å². The topological polar surface area (TPSA) is 67.5 Å². The van der Waals surface area contributed by atoms with Gasteiger partial charge in [0.05, 0.1) is 11.8 Å². The van der Waals surface area contributed by atoms with Gasteiger partial charge in [-0.05, 0) is 61.1 Å². The predicted octanol–water partition coefficient (Wildman–Crippen LogP) is 4.10. The lowest BCUT2D eigenvalue weighted by molar-refractivity contribution is -0.249. The highest BCUT2D eigenvalue weighted by Gasteiger charge is 2.62. The van der Waals surface area contributed by atoms with Crippen LogP contribution in [0.25, 0.3) is 16.7 Å². The quantitative estimate of drug-likeness (QED) is 0.782. The second-order valence-corrected chi connectivity index (χ2v) is 8.44. The highest BCUT2D eigenvalue weighted by molar-refractivity contribution is 5.94. The number of nitrogens with zero attached hydrogens (tertiary/aromatic N) is 2. The number of allylic oxidation sites excluding steroid dienone is 3. The number of benzene rings is 1. The van der Waals surface area contributed by atoms with E-state index in [4.69, 9.17) is 4.74 Å². The first-order chi connectivity index (χ1) is 13.9. The molecule has 0 fully saturated rings. The fourth-order valence-corrected chi connectivity index (χ4v) is 4.08. The molecule has 2 aliphatic rings. The summed E-state index contributed by atoms with van der Waals surface area (Å²) < 4.78 is 49.9. The van der Waals surface area contributed by atoms with Crippen LogP contribution in [0.2, 0.25) is 0 Å². The van der Waals surface area contributed by atoms with Crippen molar-refractivity contribution >= 4 is 5.57 Å². The van der Waals surface area contributed by atoms with Crippen LogP contribution in [0.4, 0.5) is 13.2 Å². The molecule has 2 aliphatic carbocycles. The summed E-state index contributed by atoms with van der Waals surface area (Å²) in [4.78, 5) is 0. The third kappa shape index (κ3) is 3.24. The Kier molecular flexibility index (Phi) is 4.63. The van der Waals surface area contributed by atoms with Gasteiger partial charge >= 0.3 is 6.18 Å². The SMILES string of the molecule is Cn1cc(-c2cc(OCC(C)(C)O)cc3c2C2=C(CCC=C2)[C@]3(O)C(F)(F)F)cn1. The average Bonchev–Trinajstić information content (AvgIpc) is 3.20. The van der Waals surface area contributed by atoms with E-state index in [1.165, 1.54) is 6.07 Å². The summed E-state index contributed by atoms with van der Waals surface area (Å²) >= 11 is 0. The summed E-state index contributed by atoms with van der Waals surface area (Å²) in [6.07, 6.45) is 2.37. The van der Waals surface area contributed by atoms with Crippen molar-refractivity contribution in [1.29, 1.82) is 0 Å². The molecule has 5 nitrogen and oxygen atoms in total. The average molecular weight is 420 g/mol. The number of ether oxygens (including phenoxy) is 1. The molecule has 0 saturated heterocycles. The van der Waals surface area contributed by atoms with Crippen molar-refractivity contribution in [2.75, 3.05) is 6.61 Å². The number of aromatic nitrogens is 2. The van der Waals surface area contributed by atoms with E-state index in [0.717, 1.165) is 0 Å². The molecule has 2 aromatic rings. The van der Waals surface area contributed by atoms with Crippen LogP contribution in [0, 0.1) is 0 Å². The Hall–Kier alpha value is -2.58. The minimum Gasteiger partial charge on any atom is -0.491 e. The molecule has 1 atom stereocenters. The summed E-state index contributed by atoms with van der Waals surface area (Å²) in [6.45, 7) is 2.97. The molecule has 0 unspecified atom stereocenters. The zero-order chi connectivity index (χ0) is 21.9. The van der Waals surface area contributed by atoms with E-state index in [2.05, 4.69) is 5.10 Å². The van der Waals surface area contributed by atoms with E-state index in [9.17, 15) is 23.4 Å². The van der Waals surface area contributed by atoms with E-state index in [1.807, 2.05) is 6.08 Å². The number of fused-ring (bicyclic) bond motifs is 2. The Bertz CT molecular complexity index is 1060. The van der Waals surface area contributed by atoms with Crippen LogP contribution in [0.3, 0.4) is 0 Å². The van der Waals surface area contributed by atoms with Gasteiger partial charge in [-0.3, -0.25) is 4.68 Å². The Morgan fingerprint density at radius 2 is 2.00 bits per heavy atom. The second kappa shape index (κ2) is 6.72. The lowest BCUT2D eigenvalue weighted by Crippen LogP contribution is -2.42. The first kappa shape index (κ1) is 20.7. The fourth-order valence-electron chi connectivity index (χ4n) is 4.08. The van der Waals surface area contributed by atoms with Gasteiger partial charge in [-0.25, -0.2) is 0 Å². The molecule has 30 heavy (non-hydrogen) atoms. The standard InChI is InChI=1S/C22H23F3N2O3/c1-20(2,28)12-30-14-8-16(13-10-26-27(3)11-13)19-15-6-4-5-7-17(15)21(29,18(19)9-14)22(23,24)25/h4,6,8-11,28-29H,5,7,12H2,1-3H3/t21-/m1/s1. The van der Waals surface area contributed by atoms with E-state index >= 15 is 0 Å². The normalized spacial score (nSPS) is 21.1. The zero-order valence-corrected chi connectivity index (χ0v) is 16.9. The Labute approximate surface area is 172 Å². The number of hydrogen-bond acceptors (Lipinski definition) is 4. The second-order valence-electron chi connectivity index (χ2n) is 8.44. The molecular formula is C22H23F3N2O3. The van der Waals surface area contributed by atoms with Crippen molar-refractivity contribution in [2.45, 2.75) is 44.1 Å². The first-order valence-electron chi connectivity index (χ1n) is 9.64. The Balaban J connectivity index is 1.98. The monoisotopic (exact) mass is 420 g/mol. The number of halogens is 3. The van der Waals surface area contributed by atoms with Gasteiger partial charge in [0.2, 0.25) is 5.60 Å². The molecule has 0 bridgehead atoms. The van der Waals surface area contributed by atoms with Crippen LogP contribution in [-0.4, -0.2) is 38.4 Å². The van der Waals surface area contributed by atoms with Crippen LogP contribution < -0.4 is 4.74 Å². The van der Waals surface area contributed by atoms with Crippen molar-refractivity contribution in [3.8, 4) is 16.9 Å². The maximum absolute atomic E-state index is 14.2. The van der Waals surface area contributed by atoms with E-state index < -0.39 is 17.4 Å². The third-order valence-electron chi connectivity index (χ3n) is 5.40. The van der Waals surface area contributed by atoms with Crippen molar-refractivity contribution in [3.05, 3.63) is 53.4 Å². The van der Waals surface area contributed by atoms with E-state index in [-0.39, 0.29) is 29.9 Å². The summed E-state index contributed by atoms with van der Waals surface area (Å²) in [5.41, 5.74) is -2.73. The number of aryl methyl sites for hydroxylation is 1. The highest BCUT2D eigenvalue weighted by atomic mass is 19.4. The van der Waals surface area contributed by atoms with Gasteiger partial charge in [-0.2, -0.15) is 18.3 Å². The number of hydrogen-bond donors (Lipinski definition) is 2. The van der Waals surface area contributed by atoms with Crippen LogP contribution in [-0.2, 0) is 12.6 Å². The molecule has 4 rings (SSSR count). The van der Waals surface area contributed by atoms with Crippen LogP contribution >= 0.6 is 0 Å². The van der Waals surface area contributed by atoms with Crippen molar-refractivity contribution in [1.82, 2.24) is 9.78 Å². The Morgan fingerprint density at radius 3 is 2.60 bits per heavy atom. The minimum atomic E-state index is -4.90. The van der Waals surface area contributed by atoms with Gasteiger partial charge in [0.25, 0.3) is 0 Å². The zero-order valence-electron chi connectivity index (χ0n) is 16.9. The molecule has 8 heteroatoms. The van der Waals surface area contributed by atoms with Crippen LogP contribution in [0.1, 0.15) is 37.8 Å². The summed E-state index contributed by atoms with van der Waals surface area (Å²) in [5, 5.41) is 25.2. The molecule has 1 aromatic carbocycles. The molecule has 0 radical (unpaired) electrons. The van der Waals surface area contributed by atoms with Crippen molar-refractivity contribution in [2.24, 2.45) is 7.05 Å². The molecule has 0 amide bonds. The molecule has 2 N–H and O–H groups in total. The van der Waals surface area contributed by atoms with E-state index in [0.29, 0.717) is 28.7 Å². The maximum atomic E-state index is 14.2. The van der Waals surface area contributed by atoms with E-state index in [1.54, 1.807) is 50.1 Å². The largest absolute Gasteiger partial charge is 0.491 e. The number of alkyl halides is 3. The first-order valence-corrected chi connectivity index (χ1v) is 9.64. The third-order valence-corrected chi connectivity index (χ3v) is 5.40. The van der Waals surface area contributed by atoms with Gasteiger partial charge in [-0.15, -0.1) is 0 Å². The van der Waals surface area contributed by atoms with Crippen molar-refractivity contribution < 1.29 is 28.1 Å². The predicted molar refractivity (Wildman–Crippen MR) is 106 cm³/mol. The number of aliphatic hydroxyl groups is 2. The molecular weight excluding hydrogens is 397 g/mol. The lowest BCUT2D eigenvalue weighted by Gasteiger charge is -2.31. The Morgan fingerprint density at radius 1 is 1.27 bits per heavy atom. The van der Waals surface area contributed by atoms with Crippen LogP contribution in [0.5, 0.6) is 5.75 Å².